The molecule has 6 heteroatoms. The molecule has 0 radical (unpaired) electrons. The van der Waals surface area contributed by atoms with Crippen LogP contribution in [0.4, 0.5) is 0 Å². The molecule has 6 nitrogen and oxygen atoms in total. The lowest BCUT2D eigenvalue weighted by Gasteiger charge is -2.49. The van der Waals surface area contributed by atoms with Crippen molar-refractivity contribution in [2.24, 2.45) is 16.7 Å². The van der Waals surface area contributed by atoms with E-state index in [0.29, 0.717) is 24.7 Å². The minimum atomic E-state index is -1.26. The van der Waals surface area contributed by atoms with Crippen LogP contribution < -0.4 is 0 Å². The average Bonchev–Trinajstić information content (AvgIpc) is 3.00. The minimum Gasteiger partial charge on any atom is -0.478 e. The molecule has 2 N–H and O–H groups in total. The SMILES string of the molecule is O=C(O)/C=C/C(=O)O.[3H]C1[C@H]2CC[C@](C)(C2(C)C)[C@@]1(OCCN(C)C)c1ccccc1. The number of fused-ring (bicyclic) bond motifs is 2. The van der Waals surface area contributed by atoms with Gasteiger partial charge in [0.2, 0.25) is 0 Å². The Kier molecular flexibility index (Phi) is 6.98. The zero-order valence-electron chi connectivity index (χ0n) is 19.6. The second kappa shape index (κ2) is 9.31. The quantitative estimate of drug-likeness (QED) is 0.649. The summed E-state index contributed by atoms with van der Waals surface area (Å²) in [6, 6.07) is 10.6. The lowest BCUT2D eigenvalue weighted by atomic mass is 9.62. The summed E-state index contributed by atoms with van der Waals surface area (Å²) in [5, 5.41) is 15.6. The van der Waals surface area contributed by atoms with Crippen molar-refractivity contribution in [3.63, 3.8) is 0 Å². The van der Waals surface area contributed by atoms with Crippen LogP contribution in [-0.4, -0.2) is 54.3 Å². The molecule has 2 fully saturated rings. The number of hydrogen-bond acceptors (Lipinski definition) is 4. The number of aliphatic carboxylic acids is 2. The largest absolute Gasteiger partial charge is 0.478 e. The standard InChI is InChI=1S/C20H31NO.C4H4O4/c1-18(2)17-11-12-19(18,3)20(15-17,22-14-13-21(4)5)16-9-7-6-8-10-16;5-3(6)1-2-4(7)8/h6-10,17H,11-15H2,1-5H3;1-2H,(H,5,6)(H,7,8)/b;2-1+/t17-,19-,20+;/m1./s1/i15T;/t15?,17-,19-,20+;. The van der Waals surface area contributed by atoms with E-state index < -0.39 is 17.5 Å². The molecule has 2 aliphatic rings. The van der Waals surface area contributed by atoms with Gasteiger partial charge in [0.25, 0.3) is 0 Å². The summed E-state index contributed by atoms with van der Waals surface area (Å²) in [6.07, 6.45) is 3.23. The van der Waals surface area contributed by atoms with E-state index in [1.165, 1.54) is 5.56 Å². The van der Waals surface area contributed by atoms with Crippen LogP contribution >= 0.6 is 0 Å². The van der Waals surface area contributed by atoms with Crippen molar-refractivity contribution in [1.29, 1.82) is 0 Å². The molecule has 1 aromatic carbocycles. The molecule has 30 heavy (non-hydrogen) atoms. The van der Waals surface area contributed by atoms with Crippen LogP contribution in [-0.2, 0) is 19.9 Å². The molecule has 4 atom stereocenters. The van der Waals surface area contributed by atoms with Crippen LogP contribution in [0, 0.1) is 16.7 Å². The highest BCUT2D eigenvalue weighted by Gasteiger charge is 2.69. The highest BCUT2D eigenvalue weighted by molar-refractivity contribution is 5.89. The number of carboxylic acids is 2. The maximum absolute atomic E-state index is 9.55. The third-order valence-corrected chi connectivity index (χ3v) is 7.00. The second-order valence-electron chi connectivity index (χ2n) is 9.13. The third-order valence-electron chi connectivity index (χ3n) is 7.00. The summed E-state index contributed by atoms with van der Waals surface area (Å²) < 4.78 is 15.7. The number of carbonyl (C=O) groups is 2. The van der Waals surface area contributed by atoms with Crippen molar-refractivity contribution < 1.29 is 25.9 Å². The van der Waals surface area contributed by atoms with E-state index in [2.05, 4.69) is 70.1 Å². The smallest absolute Gasteiger partial charge is 0.328 e. The number of likely N-dealkylation sites (N-methyl/N-ethyl adjacent to an activating group) is 1. The van der Waals surface area contributed by atoms with Gasteiger partial charge in [0.15, 0.2) is 0 Å². The molecular weight excluding hydrogens is 382 g/mol. The first-order valence-electron chi connectivity index (χ1n) is 10.9. The Morgan fingerprint density at radius 1 is 1.17 bits per heavy atom. The van der Waals surface area contributed by atoms with E-state index in [1.807, 2.05) is 0 Å². The zero-order valence-corrected chi connectivity index (χ0v) is 18.6. The number of ether oxygens (including phenoxy) is 1. The molecule has 1 unspecified atom stereocenters. The van der Waals surface area contributed by atoms with Crippen molar-refractivity contribution in [2.75, 3.05) is 27.2 Å². The van der Waals surface area contributed by atoms with E-state index in [1.54, 1.807) is 0 Å². The first-order valence-corrected chi connectivity index (χ1v) is 10.3. The zero-order chi connectivity index (χ0) is 23.4. The molecule has 0 amide bonds. The van der Waals surface area contributed by atoms with E-state index in [4.69, 9.17) is 16.3 Å². The molecule has 1 aromatic rings. The summed E-state index contributed by atoms with van der Waals surface area (Å²) in [7, 11) is 4.15. The van der Waals surface area contributed by atoms with Gasteiger partial charge in [0.1, 0.15) is 0 Å². The maximum Gasteiger partial charge on any atom is 0.328 e. The number of nitrogens with zero attached hydrogens (tertiary/aromatic N) is 1. The van der Waals surface area contributed by atoms with Crippen molar-refractivity contribution in [3.05, 3.63) is 48.0 Å². The number of hydrogen-bond donors (Lipinski definition) is 2. The van der Waals surface area contributed by atoms with Gasteiger partial charge in [-0.25, -0.2) is 9.59 Å². The summed E-state index contributed by atoms with van der Waals surface area (Å²) in [5.74, 6) is -2.10. The topological polar surface area (TPSA) is 87.1 Å². The second-order valence-corrected chi connectivity index (χ2v) is 9.13. The molecular formula is C24H35NO5. The van der Waals surface area contributed by atoms with Gasteiger partial charge >= 0.3 is 11.9 Å². The van der Waals surface area contributed by atoms with Crippen LogP contribution in [0.15, 0.2) is 42.5 Å². The maximum atomic E-state index is 9.55. The van der Waals surface area contributed by atoms with Gasteiger partial charge in [-0.3, -0.25) is 0 Å². The molecule has 0 aliphatic heterocycles. The van der Waals surface area contributed by atoms with Crippen molar-refractivity contribution in [2.45, 2.75) is 45.6 Å². The van der Waals surface area contributed by atoms with Crippen LogP contribution in [0.25, 0.3) is 0 Å². The molecule has 0 saturated heterocycles. The Bertz CT molecular complexity index is 793. The molecule has 3 rings (SSSR count). The Morgan fingerprint density at radius 2 is 1.73 bits per heavy atom. The van der Waals surface area contributed by atoms with Gasteiger partial charge in [-0.15, -0.1) is 0 Å². The molecule has 166 valence electrons. The molecule has 2 bridgehead atoms. The minimum absolute atomic E-state index is 0.00471. The summed E-state index contributed by atoms with van der Waals surface area (Å²) >= 11 is 0. The predicted molar refractivity (Wildman–Crippen MR) is 116 cm³/mol. The van der Waals surface area contributed by atoms with Gasteiger partial charge in [0, 0.05) is 25.5 Å². The first kappa shape index (κ1) is 22.5. The van der Waals surface area contributed by atoms with Crippen LogP contribution in [0.3, 0.4) is 0 Å². The van der Waals surface area contributed by atoms with E-state index in [-0.39, 0.29) is 17.2 Å². The normalized spacial score (nSPS) is 32.0. The van der Waals surface area contributed by atoms with E-state index >= 15 is 0 Å². The summed E-state index contributed by atoms with van der Waals surface area (Å²) in [5.41, 5.74) is 0.839. The fourth-order valence-electron chi connectivity index (χ4n) is 4.88. The van der Waals surface area contributed by atoms with E-state index in [0.717, 1.165) is 19.4 Å². The monoisotopic (exact) mass is 419 g/mol. The van der Waals surface area contributed by atoms with E-state index in [9.17, 15) is 9.59 Å². The Morgan fingerprint density at radius 3 is 2.17 bits per heavy atom. The number of rotatable bonds is 7. The summed E-state index contributed by atoms with van der Waals surface area (Å²) in [6.45, 7) is 8.64. The Hall–Kier alpha value is -2.18. The van der Waals surface area contributed by atoms with Crippen molar-refractivity contribution in [1.82, 2.24) is 4.90 Å². The summed E-state index contributed by atoms with van der Waals surface area (Å²) in [4.78, 5) is 21.3. The number of benzene rings is 1. The van der Waals surface area contributed by atoms with Crippen molar-refractivity contribution in [3.8, 4) is 0 Å². The van der Waals surface area contributed by atoms with Crippen LogP contribution in [0.1, 0.15) is 46.9 Å². The highest BCUT2D eigenvalue weighted by atomic mass is 16.5. The molecule has 2 saturated carbocycles. The average molecular weight is 420 g/mol. The number of carboxylic acid groups (broad SMARTS) is 2. The fraction of sp³-hybridized carbons (Fsp3) is 0.583. The third kappa shape index (κ3) is 4.60. The molecule has 0 spiro atoms. The molecule has 2 aliphatic carbocycles. The van der Waals surface area contributed by atoms with Crippen LogP contribution in [0.5, 0.6) is 0 Å². The van der Waals surface area contributed by atoms with Crippen LogP contribution in [0.2, 0.25) is 0 Å². The molecule has 0 aromatic heterocycles. The van der Waals surface area contributed by atoms with Gasteiger partial charge < -0.3 is 19.8 Å². The van der Waals surface area contributed by atoms with Crippen molar-refractivity contribution >= 4 is 11.9 Å². The highest BCUT2D eigenvalue weighted by Crippen LogP contribution is 2.73. The van der Waals surface area contributed by atoms with Gasteiger partial charge in [-0.1, -0.05) is 51.1 Å². The lowest BCUT2D eigenvalue weighted by Crippen LogP contribution is -2.47. The van der Waals surface area contributed by atoms with Gasteiger partial charge in [0.05, 0.1) is 12.2 Å². The van der Waals surface area contributed by atoms with Gasteiger partial charge in [-0.2, -0.15) is 0 Å². The molecule has 0 heterocycles. The van der Waals surface area contributed by atoms with Gasteiger partial charge in [-0.05, 0) is 50.2 Å². The lowest BCUT2D eigenvalue weighted by molar-refractivity contribution is -0.148. The first-order chi connectivity index (χ1) is 14.4. The predicted octanol–water partition coefficient (Wildman–Crippen LogP) is 4.02. The Balaban J connectivity index is 0.000000366. The fourth-order valence-corrected chi connectivity index (χ4v) is 4.88. The Labute approximate surface area is 180 Å².